The van der Waals surface area contributed by atoms with Gasteiger partial charge in [0.05, 0.1) is 25.9 Å². The first kappa shape index (κ1) is 24.6. The molecule has 0 aliphatic carbocycles. The van der Waals surface area contributed by atoms with Gasteiger partial charge in [0.15, 0.2) is 0 Å². The third-order valence-corrected chi connectivity index (χ3v) is 5.93. The fourth-order valence-corrected chi connectivity index (χ4v) is 3.73. The average Bonchev–Trinajstić information content (AvgIpc) is 2.83. The Kier molecular flexibility index (Phi) is 8.75. The lowest BCUT2D eigenvalue weighted by molar-refractivity contribution is 0.123. The smallest absolute Gasteiger partial charge is 0.130 e. The number of methoxy groups -OCH3 is 2. The molecule has 5 heteroatoms. The molecule has 3 aromatic carbocycles. The van der Waals surface area contributed by atoms with E-state index in [1.54, 1.807) is 14.2 Å². The zero-order valence-electron chi connectivity index (χ0n) is 20.2. The SMILES string of the molecule is COc1cc(OCc2cccc(-c3ccccc3)c2C)cc(OC)c1CNCC(O)C(C)C. The van der Waals surface area contributed by atoms with Gasteiger partial charge in [-0.15, -0.1) is 0 Å². The van der Waals surface area contributed by atoms with Gasteiger partial charge < -0.3 is 24.6 Å². The zero-order valence-corrected chi connectivity index (χ0v) is 20.2. The maximum Gasteiger partial charge on any atom is 0.130 e. The van der Waals surface area contributed by atoms with Crippen LogP contribution in [0.1, 0.15) is 30.5 Å². The van der Waals surface area contributed by atoms with Crippen molar-refractivity contribution in [3.8, 4) is 28.4 Å². The minimum atomic E-state index is -0.403. The van der Waals surface area contributed by atoms with E-state index in [1.165, 1.54) is 16.7 Å². The molecule has 0 bridgehead atoms. The lowest BCUT2D eigenvalue weighted by atomic mass is 9.97. The van der Waals surface area contributed by atoms with Crippen molar-refractivity contribution >= 4 is 0 Å². The van der Waals surface area contributed by atoms with Gasteiger partial charge in [0.25, 0.3) is 0 Å². The van der Waals surface area contributed by atoms with Crippen LogP contribution in [0.5, 0.6) is 17.2 Å². The second-order valence-electron chi connectivity index (χ2n) is 8.49. The Bertz CT molecular complexity index is 1010. The molecule has 0 aliphatic heterocycles. The predicted molar refractivity (Wildman–Crippen MR) is 133 cm³/mol. The van der Waals surface area contributed by atoms with Crippen molar-refractivity contribution in [3.63, 3.8) is 0 Å². The van der Waals surface area contributed by atoms with Gasteiger partial charge in [-0.25, -0.2) is 0 Å². The molecule has 3 rings (SSSR count). The summed E-state index contributed by atoms with van der Waals surface area (Å²) in [5.74, 6) is 2.25. The number of aliphatic hydroxyl groups is 1. The number of benzene rings is 3. The molecule has 0 saturated carbocycles. The summed E-state index contributed by atoms with van der Waals surface area (Å²) in [4.78, 5) is 0. The van der Waals surface area contributed by atoms with Crippen molar-refractivity contribution in [2.24, 2.45) is 5.92 Å². The molecule has 0 aliphatic rings. The van der Waals surface area contributed by atoms with E-state index < -0.39 is 6.10 Å². The quantitative estimate of drug-likeness (QED) is 0.412. The van der Waals surface area contributed by atoms with Crippen LogP contribution in [0.3, 0.4) is 0 Å². The van der Waals surface area contributed by atoms with E-state index in [4.69, 9.17) is 14.2 Å². The highest BCUT2D eigenvalue weighted by Crippen LogP contribution is 2.35. The molecule has 0 radical (unpaired) electrons. The summed E-state index contributed by atoms with van der Waals surface area (Å²) in [6.45, 7) is 7.58. The average molecular weight is 450 g/mol. The Morgan fingerprint density at radius 3 is 2.18 bits per heavy atom. The van der Waals surface area contributed by atoms with Gasteiger partial charge in [-0.1, -0.05) is 62.4 Å². The fourth-order valence-electron chi connectivity index (χ4n) is 3.73. The number of nitrogens with one attached hydrogen (secondary N) is 1. The van der Waals surface area contributed by atoms with Crippen molar-refractivity contribution in [1.29, 1.82) is 0 Å². The first-order valence-corrected chi connectivity index (χ1v) is 11.3. The molecular formula is C28H35NO4. The molecule has 0 heterocycles. The van der Waals surface area contributed by atoms with Crippen molar-refractivity contribution in [2.45, 2.75) is 40.0 Å². The first-order valence-electron chi connectivity index (χ1n) is 11.3. The van der Waals surface area contributed by atoms with Crippen molar-refractivity contribution in [2.75, 3.05) is 20.8 Å². The third kappa shape index (κ3) is 6.28. The van der Waals surface area contributed by atoms with Crippen molar-refractivity contribution < 1.29 is 19.3 Å². The number of aliphatic hydroxyl groups excluding tert-OH is 1. The molecule has 0 saturated heterocycles. The molecule has 1 unspecified atom stereocenters. The number of hydrogen-bond donors (Lipinski definition) is 2. The van der Waals surface area contributed by atoms with E-state index in [0.717, 1.165) is 11.1 Å². The Balaban J connectivity index is 1.75. The number of rotatable bonds is 11. The van der Waals surface area contributed by atoms with E-state index >= 15 is 0 Å². The third-order valence-electron chi connectivity index (χ3n) is 5.93. The van der Waals surface area contributed by atoms with Crippen LogP contribution in [0.4, 0.5) is 0 Å². The molecule has 5 nitrogen and oxygen atoms in total. The van der Waals surface area contributed by atoms with Gasteiger partial charge >= 0.3 is 0 Å². The van der Waals surface area contributed by atoms with Crippen molar-refractivity contribution in [1.82, 2.24) is 5.32 Å². The predicted octanol–water partition coefficient (Wildman–Crippen LogP) is 5.36. The second-order valence-corrected chi connectivity index (χ2v) is 8.49. The van der Waals surface area contributed by atoms with Gasteiger partial charge in [0.1, 0.15) is 23.9 Å². The van der Waals surface area contributed by atoms with E-state index in [1.807, 2.05) is 32.0 Å². The van der Waals surface area contributed by atoms with Crippen LogP contribution in [0.15, 0.2) is 60.7 Å². The molecule has 0 aromatic heterocycles. The van der Waals surface area contributed by atoms with Gasteiger partial charge in [-0.2, -0.15) is 0 Å². The summed E-state index contributed by atoms with van der Waals surface area (Å²) in [6.07, 6.45) is -0.403. The normalized spacial score (nSPS) is 12.0. The van der Waals surface area contributed by atoms with Gasteiger partial charge in [0.2, 0.25) is 0 Å². The Labute approximate surface area is 197 Å². The molecule has 0 spiro atoms. The molecule has 3 aromatic rings. The largest absolute Gasteiger partial charge is 0.496 e. The zero-order chi connectivity index (χ0) is 23.8. The molecule has 2 N–H and O–H groups in total. The molecular weight excluding hydrogens is 414 g/mol. The minimum absolute atomic E-state index is 0.195. The standard InChI is InChI=1S/C28H35NO4/c1-19(2)26(30)17-29-16-25-27(31-4)14-23(15-28(25)32-5)33-18-22-12-9-13-24(20(22)3)21-10-7-6-8-11-21/h6-15,19,26,29-30H,16-18H2,1-5H3. The molecule has 33 heavy (non-hydrogen) atoms. The topological polar surface area (TPSA) is 60.0 Å². The van der Waals surface area contributed by atoms with Crippen LogP contribution < -0.4 is 19.5 Å². The van der Waals surface area contributed by atoms with Crippen LogP contribution in [-0.4, -0.2) is 32.0 Å². The summed E-state index contributed by atoms with van der Waals surface area (Å²) < 4.78 is 17.4. The van der Waals surface area contributed by atoms with Crippen LogP contribution in [0, 0.1) is 12.8 Å². The molecule has 1 atom stereocenters. The number of hydrogen-bond acceptors (Lipinski definition) is 5. The van der Waals surface area contributed by atoms with E-state index in [0.29, 0.717) is 36.9 Å². The number of ether oxygens (including phenoxy) is 3. The summed E-state index contributed by atoms with van der Waals surface area (Å²) in [5.41, 5.74) is 5.62. The Morgan fingerprint density at radius 1 is 0.909 bits per heavy atom. The van der Waals surface area contributed by atoms with E-state index in [-0.39, 0.29) is 5.92 Å². The highest BCUT2D eigenvalue weighted by Gasteiger charge is 2.15. The maximum atomic E-state index is 10.0. The van der Waals surface area contributed by atoms with Crippen molar-refractivity contribution in [3.05, 3.63) is 77.4 Å². The summed E-state index contributed by atoms with van der Waals surface area (Å²) >= 11 is 0. The lowest BCUT2D eigenvalue weighted by Crippen LogP contribution is -2.30. The molecule has 0 amide bonds. The van der Waals surface area contributed by atoms with Crippen LogP contribution >= 0.6 is 0 Å². The second kappa shape index (κ2) is 11.7. The monoisotopic (exact) mass is 449 g/mol. The highest BCUT2D eigenvalue weighted by atomic mass is 16.5. The highest BCUT2D eigenvalue weighted by molar-refractivity contribution is 5.68. The summed E-state index contributed by atoms with van der Waals surface area (Å²) in [6, 6.07) is 20.4. The first-order chi connectivity index (χ1) is 15.9. The van der Waals surface area contributed by atoms with Gasteiger partial charge in [-0.05, 0) is 35.1 Å². The van der Waals surface area contributed by atoms with Crippen LogP contribution in [-0.2, 0) is 13.2 Å². The Hall–Kier alpha value is -3.02. The summed E-state index contributed by atoms with van der Waals surface area (Å²) in [5, 5.41) is 13.3. The maximum absolute atomic E-state index is 10.0. The fraction of sp³-hybridized carbons (Fsp3) is 0.357. The minimum Gasteiger partial charge on any atom is -0.496 e. The lowest BCUT2D eigenvalue weighted by Gasteiger charge is -2.19. The van der Waals surface area contributed by atoms with Crippen LogP contribution in [0.2, 0.25) is 0 Å². The van der Waals surface area contributed by atoms with E-state index in [2.05, 4.69) is 54.7 Å². The van der Waals surface area contributed by atoms with Gasteiger partial charge in [0, 0.05) is 25.2 Å². The molecule has 0 fully saturated rings. The molecule has 176 valence electrons. The summed E-state index contributed by atoms with van der Waals surface area (Å²) in [7, 11) is 3.27. The Morgan fingerprint density at radius 2 is 1.58 bits per heavy atom. The van der Waals surface area contributed by atoms with Crippen LogP contribution in [0.25, 0.3) is 11.1 Å². The van der Waals surface area contributed by atoms with E-state index in [9.17, 15) is 5.11 Å². The van der Waals surface area contributed by atoms with Gasteiger partial charge in [-0.3, -0.25) is 0 Å².